The van der Waals surface area contributed by atoms with Crippen molar-refractivity contribution in [2.75, 3.05) is 0 Å². The summed E-state index contributed by atoms with van der Waals surface area (Å²) >= 11 is 0. The Kier molecular flexibility index (Phi) is 4.44. The van der Waals surface area contributed by atoms with E-state index in [0.717, 1.165) is 12.8 Å². The maximum absolute atomic E-state index is 11.3. The van der Waals surface area contributed by atoms with E-state index < -0.39 is 8.32 Å². The van der Waals surface area contributed by atoms with Crippen LogP contribution in [-0.4, -0.2) is 20.3 Å². The molecule has 4 heteroatoms. The van der Waals surface area contributed by atoms with E-state index in [0.29, 0.717) is 0 Å². The van der Waals surface area contributed by atoms with E-state index >= 15 is 0 Å². The van der Waals surface area contributed by atoms with Gasteiger partial charge in [-0.1, -0.05) is 26.8 Å². The minimum Gasteiger partial charge on any atom is -0.413 e. The van der Waals surface area contributed by atoms with E-state index in [-0.39, 0.29) is 28.9 Å². The van der Waals surface area contributed by atoms with Gasteiger partial charge < -0.3 is 10.2 Å². The Morgan fingerprint density at radius 3 is 2.33 bits per heavy atom. The number of hydrogen-bond donors (Lipinski definition) is 1. The van der Waals surface area contributed by atoms with E-state index in [9.17, 15) is 4.79 Å². The van der Waals surface area contributed by atoms with Crippen LogP contribution in [0.3, 0.4) is 0 Å². The van der Waals surface area contributed by atoms with Gasteiger partial charge in [-0.3, -0.25) is 4.79 Å². The lowest BCUT2D eigenvalue weighted by atomic mass is 10.0. The van der Waals surface area contributed by atoms with Crippen LogP contribution in [0.1, 0.15) is 33.6 Å². The first kappa shape index (κ1) is 15.4. The van der Waals surface area contributed by atoms with Crippen molar-refractivity contribution in [3.8, 4) is 0 Å². The van der Waals surface area contributed by atoms with Crippen LogP contribution in [0.5, 0.6) is 0 Å². The first-order valence-corrected chi connectivity index (χ1v) is 9.59. The molecule has 18 heavy (non-hydrogen) atoms. The highest BCUT2D eigenvalue weighted by atomic mass is 28.4. The van der Waals surface area contributed by atoms with Crippen LogP contribution in [0, 0.1) is 11.8 Å². The standard InChI is InChI=1S/C14H27NO2Si/c1-7-10-8-11(13(15)16)9-12(10)17-18(5,6)14(2,3)4/h7,10-12H,1,8-9H2,2-6H3,(H2,15,16). The van der Waals surface area contributed by atoms with Crippen LogP contribution in [-0.2, 0) is 9.22 Å². The summed E-state index contributed by atoms with van der Waals surface area (Å²) in [5.41, 5.74) is 5.41. The molecule has 0 saturated heterocycles. The van der Waals surface area contributed by atoms with Gasteiger partial charge in [-0.15, -0.1) is 6.58 Å². The molecule has 104 valence electrons. The Hall–Kier alpha value is -0.613. The van der Waals surface area contributed by atoms with Crippen molar-refractivity contribution in [1.29, 1.82) is 0 Å². The van der Waals surface area contributed by atoms with Crippen LogP contribution in [0.15, 0.2) is 12.7 Å². The van der Waals surface area contributed by atoms with Crippen LogP contribution < -0.4 is 5.73 Å². The Balaban J connectivity index is 2.78. The molecule has 1 rings (SSSR count). The predicted molar refractivity (Wildman–Crippen MR) is 77.7 cm³/mol. The fraction of sp³-hybridized carbons (Fsp3) is 0.786. The zero-order valence-electron chi connectivity index (χ0n) is 12.3. The molecular formula is C14H27NO2Si. The summed E-state index contributed by atoms with van der Waals surface area (Å²) < 4.78 is 6.41. The summed E-state index contributed by atoms with van der Waals surface area (Å²) in [5.74, 6) is 0.00238. The number of rotatable bonds is 4. The number of primary amides is 1. The lowest BCUT2D eigenvalue weighted by Gasteiger charge is -2.39. The first-order valence-electron chi connectivity index (χ1n) is 6.68. The average Bonchev–Trinajstić information content (AvgIpc) is 2.58. The largest absolute Gasteiger partial charge is 0.413 e. The lowest BCUT2D eigenvalue weighted by Crippen LogP contribution is -2.44. The normalized spacial score (nSPS) is 29.3. The van der Waals surface area contributed by atoms with Gasteiger partial charge >= 0.3 is 0 Å². The zero-order valence-corrected chi connectivity index (χ0v) is 13.3. The van der Waals surface area contributed by atoms with Gasteiger partial charge in [0.05, 0.1) is 6.10 Å². The second kappa shape index (κ2) is 5.17. The fourth-order valence-corrected chi connectivity index (χ4v) is 3.58. The van der Waals surface area contributed by atoms with E-state index in [1.807, 2.05) is 6.08 Å². The molecular weight excluding hydrogens is 242 g/mol. The summed E-state index contributed by atoms with van der Waals surface area (Å²) in [5, 5.41) is 0.184. The molecule has 1 aliphatic rings. The first-order chi connectivity index (χ1) is 8.08. The summed E-state index contributed by atoms with van der Waals surface area (Å²) in [7, 11) is -1.79. The van der Waals surface area contributed by atoms with Crippen LogP contribution in [0.4, 0.5) is 0 Å². The van der Waals surface area contributed by atoms with Crippen molar-refractivity contribution in [3.63, 3.8) is 0 Å². The van der Waals surface area contributed by atoms with Crippen molar-refractivity contribution in [2.45, 2.75) is 57.8 Å². The Morgan fingerprint density at radius 1 is 1.39 bits per heavy atom. The number of carbonyl (C=O) groups excluding carboxylic acids is 1. The highest BCUT2D eigenvalue weighted by Gasteiger charge is 2.44. The molecule has 0 aromatic rings. The summed E-state index contributed by atoms with van der Waals surface area (Å²) in [6.45, 7) is 15.0. The van der Waals surface area contributed by atoms with Gasteiger partial charge in [0.25, 0.3) is 0 Å². The molecule has 0 aromatic heterocycles. The van der Waals surface area contributed by atoms with E-state index in [1.165, 1.54) is 0 Å². The molecule has 3 unspecified atom stereocenters. The molecule has 0 radical (unpaired) electrons. The molecule has 0 aliphatic heterocycles. The van der Waals surface area contributed by atoms with Crippen molar-refractivity contribution in [2.24, 2.45) is 17.6 Å². The Labute approximate surface area is 112 Å². The van der Waals surface area contributed by atoms with Crippen LogP contribution in [0.25, 0.3) is 0 Å². The molecule has 1 aliphatic carbocycles. The maximum Gasteiger partial charge on any atom is 0.220 e. The molecule has 2 N–H and O–H groups in total. The molecule has 3 atom stereocenters. The van der Waals surface area contributed by atoms with Crippen molar-refractivity contribution in [3.05, 3.63) is 12.7 Å². The molecule has 0 bridgehead atoms. The Morgan fingerprint density at radius 2 is 1.94 bits per heavy atom. The topological polar surface area (TPSA) is 52.3 Å². The zero-order chi connectivity index (χ0) is 14.1. The quantitative estimate of drug-likeness (QED) is 0.630. The third-order valence-electron chi connectivity index (χ3n) is 4.51. The molecule has 0 heterocycles. The SMILES string of the molecule is C=CC1CC(C(N)=O)CC1O[Si](C)(C)C(C)(C)C. The summed E-state index contributed by atoms with van der Waals surface area (Å²) in [4.78, 5) is 11.3. The fourth-order valence-electron chi connectivity index (χ4n) is 2.20. The third kappa shape index (κ3) is 3.23. The second-order valence-electron chi connectivity index (χ2n) is 6.89. The van der Waals surface area contributed by atoms with Crippen molar-refractivity contribution >= 4 is 14.2 Å². The monoisotopic (exact) mass is 269 g/mol. The third-order valence-corrected chi connectivity index (χ3v) is 9.01. The summed E-state index contributed by atoms with van der Waals surface area (Å²) in [6.07, 6.45) is 3.57. The van der Waals surface area contributed by atoms with Gasteiger partial charge in [0.1, 0.15) is 0 Å². The molecule has 3 nitrogen and oxygen atoms in total. The van der Waals surface area contributed by atoms with Crippen molar-refractivity contribution < 1.29 is 9.22 Å². The Bertz CT molecular complexity index is 333. The van der Waals surface area contributed by atoms with Gasteiger partial charge in [0.2, 0.25) is 5.91 Å². The van der Waals surface area contributed by atoms with Crippen molar-refractivity contribution in [1.82, 2.24) is 0 Å². The molecule has 0 aromatic carbocycles. The molecule has 1 fully saturated rings. The second-order valence-corrected chi connectivity index (χ2v) is 11.6. The maximum atomic E-state index is 11.3. The van der Waals surface area contributed by atoms with Gasteiger partial charge in [0.15, 0.2) is 8.32 Å². The number of hydrogen-bond acceptors (Lipinski definition) is 2. The van der Waals surface area contributed by atoms with Gasteiger partial charge in [-0.2, -0.15) is 0 Å². The lowest BCUT2D eigenvalue weighted by molar-refractivity contribution is -0.121. The number of nitrogens with two attached hydrogens (primary N) is 1. The average molecular weight is 269 g/mol. The highest BCUT2D eigenvalue weighted by Crippen LogP contribution is 2.42. The van der Waals surface area contributed by atoms with Crippen LogP contribution in [0.2, 0.25) is 18.1 Å². The predicted octanol–water partition coefficient (Wildman–Crippen LogP) is 3.07. The molecule has 1 amide bonds. The number of amides is 1. The minimum atomic E-state index is -1.79. The van der Waals surface area contributed by atoms with E-state index in [1.54, 1.807) is 0 Å². The van der Waals surface area contributed by atoms with E-state index in [2.05, 4.69) is 40.4 Å². The highest BCUT2D eigenvalue weighted by molar-refractivity contribution is 6.74. The van der Waals surface area contributed by atoms with Crippen LogP contribution >= 0.6 is 0 Å². The van der Waals surface area contributed by atoms with Gasteiger partial charge in [-0.25, -0.2) is 0 Å². The molecule has 1 saturated carbocycles. The van der Waals surface area contributed by atoms with E-state index in [4.69, 9.17) is 10.2 Å². The minimum absolute atomic E-state index is 0.0530. The van der Waals surface area contributed by atoms with Gasteiger partial charge in [-0.05, 0) is 31.0 Å². The van der Waals surface area contributed by atoms with Gasteiger partial charge in [0, 0.05) is 11.8 Å². The summed E-state index contributed by atoms with van der Waals surface area (Å²) in [6, 6.07) is 0. The number of carbonyl (C=O) groups is 1. The smallest absolute Gasteiger partial charge is 0.220 e. The molecule has 0 spiro atoms.